The lowest BCUT2D eigenvalue weighted by molar-refractivity contribution is 0.154. The van der Waals surface area contributed by atoms with Gasteiger partial charge >= 0.3 is 0 Å². The molecule has 0 aliphatic heterocycles. The Kier molecular flexibility index (Phi) is 7.19. The van der Waals surface area contributed by atoms with Gasteiger partial charge in [0.1, 0.15) is 0 Å². The van der Waals surface area contributed by atoms with Gasteiger partial charge in [-0.1, -0.05) is 11.3 Å². The lowest BCUT2D eigenvalue weighted by Crippen LogP contribution is -2.27. The number of hydrogen-bond acceptors (Lipinski definition) is 6. The van der Waals surface area contributed by atoms with Crippen LogP contribution in [0.15, 0.2) is 0 Å². The quantitative estimate of drug-likeness (QED) is 0.694. The molecule has 0 aliphatic carbocycles. The van der Waals surface area contributed by atoms with Crippen LogP contribution in [0, 0.1) is 0 Å². The van der Waals surface area contributed by atoms with Crippen molar-refractivity contribution in [3.8, 4) is 0 Å². The minimum absolute atomic E-state index is 0.0133. The fourth-order valence-corrected chi connectivity index (χ4v) is 2.60. The van der Waals surface area contributed by atoms with Crippen LogP contribution in [0.5, 0.6) is 0 Å². The highest BCUT2D eigenvalue weighted by molar-refractivity contribution is 7.15. The molecule has 1 rings (SSSR count). The largest absolute Gasteiger partial charge is 0.391 e. The van der Waals surface area contributed by atoms with Crippen molar-refractivity contribution in [1.82, 2.24) is 4.98 Å². The first-order chi connectivity index (χ1) is 8.76. The summed E-state index contributed by atoms with van der Waals surface area (Å²) < 4.78 is 10.4. The number of aromatic nitrogens is 1. The van der Waals surface area contributed by atoms with Gasteiger partial charge < -0.3 is 19.5 Å². The Balaban J connectivity index is 2.72. The minimum atomic E-state index is 0.0133. The van der Waals surface area contributed by atoms with Crippen molar-refractivity contribution >= 4 is 16.5 Å². The van der Waals surface area contributed by atoms with E-state index in [2.05, 4.69) is 16.8 Å². The third kappa shape index (κ3) is 4.20. The first-order valence-electron chi connectivity index (χ1n) is 6.17. The zero-order valence-corrected chi connectivity index (χ0v) is 12.1. The number of likely N-dealkylation sites (N-methyl/N-ethyl adjacent to an activating group) is 1. The van der Waals surface area contributed by atoms with Gasteiger partial charge in [0.25, 0.3) is 0 Å². The van der Waals surface area contributed by atoms with Crippen molar-refractivity contribution in [2.45, 2.75) is 27.1 Å². The van der Waals surface area contributed by atoms with Crippen LogP contribution in [-0.2, 0) is 22.7 Å². The Morgan fingerprint density at radius 1 is 1.39 bits per heavy atom. The molecule has 5 nitrogen and oxygen atoms in total. The summed E-state index contributed by atoms with van der Waals surface area (Å²) >= 11 is 1.52. The molecule has 0 bridgehead atoms. The maximum absolute atomic E-state index is 9.30. The van der Waals surface area contributed by atoms with Gasteiger partial charge in [-0.2, -0.15) is 0 Å². The zero-order chi connectivity index (χ0) is 13.4. The number of thiazole rings is 1. The molecule has 1 N–H and O–H groups in total. The van der Waals surface area contributed by atoms with E-state index < -0.39 is 0 Å². The van der Waals surface area contributed by atoms with Crippen molar-refractivity contribution in [3.63, 3.8) is 0 Å². The average Bonchev–Trinajstić information content (AvgIpc) is 2.78. The van der Waals surface area contributed by atoms with Crippen molar-refractivity contribution in [3.05, 3.63) is 10.6 Å². The highest BCUT2D eigenvalue weighted by Gasteiger charge is 2.14. The molecule has 0 saturated heterocycles. The standard InChI is InChI=1S/C12H22N2O3S/c1-4-14(6-7-17-5-2)12-13-10(9-16-3)11(8-15)18-12/h15H,4-9H2,1-3H3. The molecular weight excluding hydrogens is 252 g/mol. The maximum Gasteiger partial charge on any atom is 0.186 e. The topological polar surface area (TPSA) is 54.8 Å². The van der Waals surface area contributed by atoms with E-state index in [-0.39, 0.29) is 6.61 Å². The first-order valence-corrected chi connectivity index (χ1v) is 6.99. The van der Waals surface area contributed by atoms with Gasteiger partial charge in [-0.3, -0.25) is 0 Å². The van der Waals surface area contributed by atoms with Crippen LogP contribution in [-0.4, -0.2) is 43.5 Å². The molecule has 0 unspecified atom stereocenters. The summed E-state index contributed by atoms with van der Waals surface area (Å²) in [6, 6.07) is 0. The normalized spacial score (nSPS) is 10.9. The number of rotatable bonds is 9. The number of nitrogens with zero attached hydrogens (tertiary/aromatic N) is 2. The first kappa shape index (κ1) is 15.4. The van der Waals surface area contributed by atoms with Gasteiger partial charge in [0.15, 0.2) is 5.13 Å². The summed E-state index contributed by atoms with van der Waals surface area (Å²) in [7, 11) is 1.63. The Bertz CT molecular complexity index is 344. The number of aliphatic hydroxyl groups excluding tert-OH is 1. The molecule has 104 valence electrons. The van der Waals surface area contributed by atoms with E-state index in [1.54, 1.807) is 7.11 Å². The Hall–Kier alpha value is -0.690. The van der Waals surface area contributed by atoms with E-state index in [4.69, 9.17) is 9.47 Å². The highest BCUT2D eigenvalue weighted by Crippen LogP contribution is 2.26. The van der Waals surface area contributed by atoms with Gasteiger partial charge in [0, 0.05) is 26.8 Å². The van der Waals surface area contributed by atoms with E-state index in [0.29, 0.717) is 13.2 Å². The van der Waals surface area contributed by atoms with E-state index >= 15 is 0 Å². The molecule has 6 heteroatoms. The Morgan fingerprint density at radius 2 is 2.17 bits per heavy atom. The molecule has 1 aromatic heterocycles. The molecule has 0 radical (unpaired) electrons. The second-order valence-corrected chi connectivity index (χ2v) is 4.80. The molecule has 1 heterocycles. The van der Waals surface area contributed by atoms with E-state index in [0.717, 1.165) is 35.4 Å². The summed E-state index contributed by atoms with van der Waals surface area (Å²) in [5.74, 6) is 0. The summed E-state index contributed by atoms with van der Waals surface area (Å²) in [6.07, 6.45) is 0. The fourth-order valence-electron chi connectivity index (χ4n) is 1.59. The van der Waals surface area contributed by atoms with Crippen molar-refractivity contribution in [2.75, 3.05) is 38.3 Å². The average molecular weight is 274 g/mol. The second-order valence-electron chi connectivity index (χ2n) is 3.73. The van der Waals surface area contributed by atoms with Crippen LogP contribution in [0.25, 0.3) is 0 Å². The fraction of sp³-hybridized carbons (Fsp3) is 0.750. The summed E-state index contributed by atoms with van der Waals surface area (Å²) in [4.78, 5) is 7.55. The third-order valence-electron chi connectivity index (χ3n) is 2.55. The van der Waals surface area contributed by atoms with Gasteiger partial charge in [0.2, 0.25) is 0 Å². The minimum Gasteiger partial charge on any atom is -0.391 e. The molecule has 0 aliphatic rings. The van der Waals surface area contributed by atoms with E-state index in [1.807, 2.05) is 6.92 Å². The molecule has 0 aromatic carbocycles. The molecule has 0 saturated carbocycles. The lowest BCUT2D eigenvalue weighted by atomic mass is 10.4. The van der Waals surface area contributed by atoms with Crippen molar-refractivity contribution < 1.29 is 14.6 Å². The van der Waals surface area contributed by atoms with Crippen LogP contribution in [0.1, 0.15) is 24.4 Å². The second kappa shape index (κ2) is 8.42. The van der Waals surface area contributed by atoms with Gasteiger partial charge in [-0.15, -0.1) is 0 Å². The maximum atomic E-state index is 9.30. The number of methoxy groups -OCH3 is 1. The Labute approximate surface area is 112 Å². The lowest BCUT2D eigenvalue weighted by Gasteiger charge is -2.19. The molecule has 0 spiro atoms. The van der Waals surface area contributed by atoms with Crippen LogP contribution >= 0.6 is 11.3 Å². The molecule has 0 amide bonds. The number of hydrogen-bond donors (Lipinski definition) is 1. The predicted molar refractivity (Wildman–Crippen MR) is 73.1 cm³/mol. The number of anilines is 1. The number of aliphatic hydroxyl groups is 1. The van der Waals surface area contributed by atoms with Gasteiger partial charge in [0.05, 0.1) is 30.4 Å². The van der Waals surface area contributed by atoms with Crippen LogP contribution < -0.4 is 4.90 Å². The van der Waals surface area contributed by atoms with Gasteiger partial charge in [-0.05, 0) is 13.8 Å². The van der Waals surface area contributed by atoms with Crippen LogP contribution in [0.4, 0.5) is 5.13 Å². The van der Waals surface area contributed by atoms with E-state index in [1.165, 1.54) is 11.3 Å². The van der Waals surface area contributed by atoms with Crippen molar-refractivity contribution in [2.24, 2.45) is 0 Å². The summed E-state index contributed by atoms with van der Waals surface area (Å²) in [5.41, 5.74) is 0.829. The monoisotopic (exact) mass is 274 g/mol. The Morgan fingerprint density at radius 3 is 2.72 bits per heavy atom. The highest BCUT2D eigenvalue weighted by atomic mass is 32.1. The van der Waals surface area contributed by atoms with Crippen LogP contribution in [0.3, 0.4) is 0 Å². The van der Waals surface area contributed by atoms with E-state index in [9.17, 15) is 5.11 Å². The molecule has 0 atom stereocenters. The molecule has 0 fully saturated rings. The SMILES string of the molecule is CCOCCN(CC)c1nc(COC)c(CO)s1. The van der Waals surface area contributed by atoms with Gasteiger partial charge in [-0.25, -0.2) is 4.98 Å². The summed E-state index contributed by atoms with van der Waals surface area (Å²) in [6.45, 7) is 7.63. The zero-order valence-electron chi connectivity index (χ0n) is 11.3. The predicted octanol–water partition coefficient (Wildman–Crippen LogP) is 1.64. The molecule has 1 aromatic rings. The molecular formula is C12H22N2O3S. The molecule has 18 heavy (non-hydrogen) atoms. The summed E-state index contributed by atoms with van der Waals surface area (Å²) in [5, 5.41) is 10.2. The smallest absolute Gasteiger partial charge is 0.186 e. The number of ether oxygens (including phenoxy) is 2. The van der Waals surface area contributed by atoms with Crippen molar-refractivity contribution in [1.29, 1.82) is 0 Å². The third-order valence-corrected chi connectivity index (χ3v) is 3.70. The van der Waals surface area contributed by atoms with Crippen LogP contribution in [0.2, 0.25) is 0 Å².